The first-order valence-corrected chi connectivity index (χ1v) is 5.65. The average Bonchev–Trinajstić information content (AvgIpc) is 2.74. The quantitative estimate of drug-likeness (QED) is 0.823. The van der Waals surface area contributed by atoms with Crippen molar-refractivity contribution in [3.8, 4) is 23.0 Å². The van der Waals surface area contributed by atoms with Gasteiger partial charge in [0, 0.05) is 17.8 Å². The van der Waals surface area contributed by atoms with Crippen LogP contribution in [-0.4, -0.2) is 6.79 Å². The lowest BCUT2D eigenvalue weighted by Crippen LogP contribution is -1.92. The summed E-state index contributed by atoms with van der Waals surface area (Å²) >= 11 is 0. The summed E-state index contributed by atoms with van der Waals surface area (Å²) < 4.78 is 16.3. The lowest BCUT2D eigenvalue weighted by molar-refractivity contribution is 0.174. The molecule has 0 aromatic heterocycles. The molecule has 0 fully saturated rings. The Kier molecular flexibility index (Phi) is 2.48. The van der Waals surface area contributed by atoms with Crippen LogP contribution in [-0.2, 0) is 0 Å². The standard InChI is InChI=1S/C14H13NO3/c1-9-4-10(15)6-12(5-9)18-11-2-3-13-14(7-11)17-8-16-13/h2-7H,8,15H2,1H3. The van der Waals surface area contributed by atoms with Gasteiger partial charge in [0.2, 0.25) is 6.79 Å². The smallest absolute Gasteiger partial charge is 0.231 e. The van der Waals surface area contributed by atoms with Crippen LogP contribution in [0.4, 0.5) is 5.69 Å². The SMILES string of the molecule is Cc1cc(N)cc(Oc2ccc3c(c2)OCO3)c1. The van der Waals surface area contributed by atoms with E-state index in [1.807, 2.05) is 31.2 Å². The number of fused-ring (bicyclic) bond motifs is 1. The Hall–Kier alpha value is -2.36. The van der Waals surface area contributed by atoms with E-state index >= 15 is 0 Å². The van der Waals surface area contributed by atoms with Crippen LogP contribution in [0, 0.1) is 6.92 Å². The zero-order valence-electron chi connectivity index (χ0n) is 9.97. The Morgan fingerprint density at radius 1 is 1.00 bits per heavy atom. The van der Waals surface area contributed by atoms with Crippen molar-refractivity contribution in [1.82, 2.24) is 0 Å². The number of nitrogens with two attached hydrogens (primary N) is 1. The molecule has 3 rings (SSSR count). The molecule has 0 unspecified atom stereocenters. The molecular weight excluding hydrogens is 230 g/mol. The topological polar surface area (TPSA) is 53.7 Å². The summed E-state index contributed by atoms with van der Waals surface area (Å²) in [6, 6.07) is 11.1. The molecule has 0 spiro atoms. The summed E-state index contributed by atoms with van der Waals surface area (Å²) in [6.45, 7) is 2.24. The summed E-state index contributed by atoms with van der Waals surface area (Å²) in [6.07, 6.45) is 0. The number of nitrogen functional groups attached to an aromatic ring is 1. The first kappa shape index (κ1) is 10.8. The predicted molar refractivity (Wildman–Crippen MR) is 68.2 cm³/mol. The summed E-state index contributed by atoms with van der Waals surface area (Å²) in [7, 11) is 0. The first-order chi connectivity index (χ1) is 8.70. The zero-order valence-corrected chi connectivity index (χ0v) is 9.97. The van der Waals surface area contributed by atoms with Crippen LogP contribution in [0.2, 0.25) is 0 Å². The monoisotopic (exact) mass is 243 g/mol. The minimum Gasteiger partial charge on any atom is -0.457 e. The fourth-order valence-electron chi connectivity index (χ4n) is 1.91. The van der Waals surface area contributed by atoms with E-state index in [0.717, 1.165) is 11.3 Å². The Labute approximate surface area is 105 Å². The molecule has 1 aliphatic rings. The van der Waals surface area contributed by atoms with E-state index in [1.165, 1.54) is 0 Å². The van der Waals surface area contributed by atoms with Crippen molar-refractivity contribution in [1.29, 1.82) is 0 Å². The average molecular weight is 243 g/mol. The molecule has 4 heteroatoms. The van der Waals surface area contributed by atoms with Gasteiger partial charge in [-0.15, -0.1) is 0 Å². The number of ether oxygens (including phenoxy) is 3. The molecule has 2 aromatic carbocycles. The zero-order chi connectivity index (χ0) is 12.5. The van der Waals surface area contributed by atoms with E-state index < -0.39 is 0 Å². The molecule has 0 aliphatic carbocycles. The van der Waals surface area contributed by atoms with Gasteiger partial charge in [0.25, 0.3) is 0 Å². The van der Waals surface area contributed by atoms with E-state index in [4.69, 9.17) is 19.9 Å². The van der Waals surface area contributed by atoms with Gasteiger partial charge in [0.15, 0.2) is 11.5 Å². The molecule has 0 radical (unpaired) electrons. The lowest BCUT2D eigenvalue weighted by Gasteiger charge is -2.08. The lowest BCUT2D eigenvalue weighted by atomic mass is 10.2. The molecule has 92 valence electrons. The molecular formula is C14H13NO3. The molecule has 18 heavy (non-hydrogen) atoms. The van der Waals surface area contributed by atoms with Gasteiger partial charge in [0.1, 0.15) is 11.5 Å². The number of anilines is 1. The molecule has 0 amide bonds. The van der Waals surface area contributed by atoms with Crippen molar-refractivity contribution < 1.29 is 14.2 Å². The van der Waals surface area contributed by atoms with E-state index in [9.17, 15) is 0 Å². The van der Waals surface area contributed by atoms with Crippen molar-refractivity contribution in [3.63, 3.8) is 0 Å². The van der Waals surface area contributed by atoms with Crippen molar-refractivity contribution >= 4 is 5.69 Å². The van der Waals surface area contributed by atoms with Crippen molar-refractivity contribution in [2.75, 3.05) is 12.5 Å². The van der Waals surface area contributed by atoms with Gasteiger partial charge in [-0.05, 0) is 36.8 Å². The van der Waals surface area contributed by atoms with E-state index in [1.54, 1.807) is 12.1 Å². The second-order valence-corrected chi connectivity index (χ2v) is 4.20. The molecule has 0 bridgehead atoms. The highest BCUT2D eigenvalue weighted by atomic mass is 16.7. The number of hydrogen-bond acceptors (Lipinski definition) is 4. The van der Waals surface area contributed by atoms with Crippen LogP contribution in [0.1, 0.15) is 5.56 Å². The molecule has 4 nitrogen and oxygen atoms in total. The molecule has 2 N–H and O–H groups in total. The fraction of sp³-hybridized carbons (Fsp3) is 0.143. The van der Waals surface area contributed by atoms with Gasteiger partial charge >= 0.3 is 0 Å². The van der Waals surface area contributed by atoms with Crippen LogP contribution < -0.4 is 19.9 Å². The normalized spacial score (nSPS) is 12.5. The van der Waals surface area contributed by atoms with Crippen LogP contribution >= 0.6 is 0 Å². The summed E-state index contributed by atoms with van der Waals surface area (Å²) in [4.78, 5) is 0. The predicted octanol–water partition coefficient (Wildman–Crippen LogP) is 3.10. The molecule has 2 aromatic rings. The van der Waals surface area contributed by atoms with Gasteiger partial charge in [-0.1, -0.05) is 0 Å². The Morgan fingerprint density at radius 2 is 1.83 bits per heavy atom. The third kappa shape index (κ3) is 2.05. The van der Waals surface area contributed by atoms with Gasteiger partial charge in [-0.2, -0.15) is 0 Å². The fourth-order valence-corrected chi connectivity index (χ4v) is 1.91. The van der Waals surface area contributed by atoms with Gasteiger partial charge in [-0.25, -0.2) is 0 Å². The molecule has 1 aliphatic heterocycles. The summed E-state index contributed by atoms with van der Waals surface area (Å²) in [5.41, 5.74) is 7.53. The van der Waals surface area contributed by atoms with Crippen LogP contribution in [0.5, 0.6) is 23.0 Å². The highest BCUT2D eigenvalue weighted by molar-refractivity contribution is 5.51. The highest BCUT2D eigenvalue weighted by Gasteiger charge is 2.14. The number of benzene rings is 2. The minimum absolute atomic E-state index is 0.260. The Morgan fingerprint density at radius 3 is 2.67 bits per heavy atom. The van der Waals surface area contributed by atoms with Crippen molar-refractivity contribution in [3.05, 3.63) is 42.0 Å². The van der Waals surface area contributed by atoms with Gasteiger partial charge < -0.3 is 19.9 Å². The number of hydrogen-bond donors (Lipinski definition) is 1. The summed E-state index contributed by atoms with van der Waals surface area (Å²) in [5, 5.41) is 0. The Balaban J connectivity index is 1.88. The molecule has 0 atom stereocenters. The highest BCUT2D eigenvalue weighted by Crippen LogP contribution is 2.36. The largest absolute Gasteiger partial charge is 0.457 e. The van der Waals surface area contributed by atoms with Crippen LogP contribution in [0.15, 0.2) is 36.4 Å². The maximum atomic E-state index is 5.78. The van der Waals surface area contributed by atoms with Crippen LogP contribution in [0.25, 0.3) is 0 Å². The molecule has 0 saturated carbocycles. The first-order valence-electron chi connectivity index (χ1n) is 5.65. The second kappa shape index (κ2) is 4.14. The van der Waals surface area contributed by atoms with Crippen molar-refractivity contribution in [2.24, 2.45) is 0 Å². The number of rotatable bonds is 2. The summed E-state index contributed by atoms with van der Waals surface area (Å²) in [5.74, 6) is 2.86. The third-order valence-electron chi connectivity index (χ3n) is 2.65. The number of aryl methyl sites for hydroxylation is 1. The van der Waals surface area contributed by atoms with Gasteiger partial charge in [0.05, 0.1) is 0 Å². The van der Waals surface area contributed by atoms with E-state index in [2.05, 4.69) is 0 Å². The maximum Gasteiger partial charge on any atom is 0.231 e. The third-order valence-corrected chi connectivity index (χ3v) is 2.65. The van der Waals surface area contributed by atoms with Crippen molar-refractivity contribution in [2.45, 2.75) is 6.92 Å². The van der Waals surface area contributed by atoms with Crippen LogP contribution in [0.3, 0.4) is 0 Å². The Bertz CT molecular complexity index is 575. The molecule has 0 saturated heterocycles. The van der Waals surface area contributed by atoms with E-state index in [0.29, 0.717) is 22.9 Å². The molecule has 1 heterocycles. The second-order valence-electron chi connectivity index (χ2n) is 4.20. The van der Waals surface area contributed by atoms with E-state index in [-0.39, 0.29) is 6.79 Å². The maximum absolute atomic E-state index is 5.78. The minimum atomic E-state index is 0.260. The van der Waals surface area contributed by atoms with Gasteiger partial charge in [-0.3, -0.25) is 0 Å².